The van der Waals surface area contributed by atoms with Crippen molar-refractivity contribution in [1.82, 2.24) is 9.80 Å². The van der Waals surface area contributed by atoms with E-state index in [4.69, 9.17) is 4.74 Å². The van der Waals surface area contributed by atoms with Crippen molar-refractivity contribution in [3.8, 4) is 5.75 Å². The molecule has 142 valence electrons. The molecule has 2 aromatic rings. The Morgan fingerprint density at radius 1 is 1.33 bits per heavy atom. The molecule has 0 N–H and O–H groups in total. The molecule has 27 heavy (non-hydrogen) atoms. The number of benzene rings is 1. The maximum atomic E-state index is 13.1. The van der Waals surface area contributed by atoms with E-state index in [1.807, 2.05) is 29.2 Å². The number of hydrogen-bond acceptors (Lipinski definition) is 4. The van der Waals surface area contributed by atoms with Crippen LogP contribution in [0.5, 0.6) is 5.75 Å². The van der Waals surface area contributed by atoms with E-state index in [0.29, 0.717) is 13.1 Å². The third-order valence-electron chi connectivity index (χ3n) is 4.84. The maximum Gasteiger partial charge on any atom is 0.243 e. The molecule has 3 rings (SSSR count). The van der Waals surface area contributed by atoms with Crippen LogP contribution in [0.1, 0.15) is 29.0 Å². The number of methoxy groups -OCH3 is 1. The van der Waals surface area contributed by atoms with Crippen LogP contribution < -0.4 is 4.74 Å². The van der Waals surface area contributed by atoms with E-state index in [1.165, 1.54) is 22.3 Å². The van der Waals surface area contributed by atoms with E-state index in [-0.39, 0.29) is 24.4 Å². The van der Waals surface area contributed by atoms with Gasteiger partial charge in [-0.1, -0.05) is 18.2 Å². The van der Waals surface area contributed by atoms with Crippen molar-refractivity contribution < 1.29 is 14.3 Å². The highest BCUT2D eigenvalue weighted by Gasteiger charge is 2.33. The Morgan fingerprint density at radius 2 is 2.07 bits per heavy atom. The SMILES string of the molecule is C=CCN(CC(=O)N1CCc2sccc2[C@@H]1c1ccc(OC)cc1)C(C)=O. The van der Waals surface area contributed by atoms with Crippen molar-refractivity contribution in [3.05, 3.63) is 64.4 Å². The summed E-state index contributed by atoms with van der Waals surface area (Å²) >= 11 is 1.73. The van der Waals surface area contributed by atoms with Gasteiger partial charge in [-0.15, -0.1) is 17.9 Å². The quantitative estimate of drug-likeness (QED) is 0.719. The van der Waals surface area contributed by atoms with Gasteiger partial charge in [-0.25, -0.2) is 0 Å². The van der Waals surface area contributed by atoms with Gasteiger partial charge in [0, 0.05) is 24.9 Å². The van der Waals surface area contributed by atoms with Crippen molar-refractivity contribution in [2.24, 2.45) is 0 Å². The summed E-state index contributed by atoms with van der Waals surface area (Å²) in [6.45, 7) is 6.22. The molecule has 2 heterocycles. The zero-order valence-electron chi connectivity index (χ0n) is 15.7. The number of hydrogen-bond donors (Lipinski definition) is 0. The zero-order chi connectivity index (χ0) is 19.4. The van der Waals surface area contributed by atoms with E-state index < -0.39 is 0 Å². The van der Waals surface area contributed by atoms with Crippen LogP contribution in [0, 0.1) is 0 Å². The molecule has 1 atom stereocenters. The first-order valence-electron chi connectivity index (χ1n) is 8.91. The highest BCUT2D eigenvalue weighted by Crippen LogP contribution is 2.38. The number of carbonyl (C=O) groups excluding carboxylic acids is 2. The van der Waals surface area contributed by atoms with E-state index in [1.54, 1.807) is 24.5 Å². The Morgan fingerprint density at radius 3 is 2.70 bits per heavy atom. The number of fused-ring (bicyclic) bond motifs is 1. The van der Waals surface area contributed by atoms with Crippen LogP contribution in [-0.2, 0) is 16.0 Å². The number of amides is 2. The third kappa shape index (κ3) is 4.06. The average Bonchev–Trinajstić information content (AvgIpc) is 3.15. The fraction of sp³-hybridized carbons (Fsp3) is 0.333. The fourth-order valence-corrected chi connectivity index (χ4v) is 4.35. The van der Waals surface area contributed by atoms with Crippen LogP contribution in [-0.4, -0.2) is 48.4 Å². The number of nitrogens with zero attached hydrogens (tertiary/aromatic N) is 2. The standard InChI is InChI=1S/C21H24N2O3S/c1-4-11-22(15(2)24)14-20(25)23-12-9-19-18(10-13-27-19)21(23)16-5-7-17(26-3)8-6-16/h4-8,10,13,21H,1,9,11-12,14H2,2-3H3/t21-/m0/s1. The Balaban J connectivity index is 1.91. The largest absolute Gasteiger partial charge is 0.497 e. The smallest absolute Gasteiger partial charge is 0.243 e. The van der Waals surface area contributed by atoms with Crippen molar-refractivity contribution in [3.63, 3.8) is 0 Å². The second-order valence-corrected chi connectivity index (χ2v) is 7.50. The number of ether oxygens (including phenoxy) is 1. The number of thiophene rings is 1. The second kappa shape index (κ2) is 8.39. The lowest BCUT2D eigenvalue weighted by Crippen LogP contribution is -2.46. The van der Waals surface area contributed by atoms with Gasteiger partial charge in [-0.2, -0.15) is 0 Å². The minimum absolute atomic E-state index is 0.0512. The zero-order valence-corrected chi connectivity index (χ0v) is 16.5. The van der Waals surface area contributed by atoms with Crippen LogP contribution in [0.25, 0.3) is 0 Å². The van der Waals surface area contributed by atoms with Gasteiger partial charge in [-0.05, 0) is 41.1 Å². The summed E-state index contributed by atoms with van der Waals surface area (Å²) in [4.78, 5) is 29.6. The van der Waals surface area contributed by atoms with Gasteiger partial charge in [0.05, 0.1) is 13.2 Å². The highest BCUT2D eigenvalue weighted by atomic mass is 32.1. The van der Waals surface area contributed by atoms with Gasteiger partial charge in [-0.3, -0.25) is 9.59 Å². The van der Waals surface area contributed by atoms with Crippen molar-refractivity contribution in [1.29, 1.82) is 0 Å². The minimum Gasteiger partial charge on any atom is -0.497 e. The van der Waals surface area contributed by atoms with Gasteiger partial charge in [0.25, 0.3) is 0 Å². The molecule has 0 spiro atoms. The third-order valence-corrected chi connectivity index (χ3v) is 5.84. The Labute approximate surface area is 163 Å². The molecule has 5 nitrogen and oxygen atoms in total. The predicted octanol–water partition coefficient (Wildman–Crippen LogP) is 3.27. The van der Waals surface area contributed by atoms with Gasteiger partial charge >= 0.3 is 0 Å². The molecule has 0 aliphatic carbocycles. The Bertz CT molecular complexity index is 828. The van der Waals surface area contributed by atoms with Gasteiger partial charge in [0.15, 0.2) is 0 Å². The van der Waals surface area contributed by atoms with Crippen molar-refractivity contribution >= 4 is 23.2 Å². The van der Waals surface area contributed by atoms with E-state index in [0.717, 1.165) is 17.7 Å². The van der Waals surface area contributed by atoms with Crippen LogP contribution in [0.2, 0.25) is 0 Å². The van der Waals surface area contributed by atoms with Crippen LogP contribution >= 0.6 is 11.3 Å². The van der Waals surface area contributed by atoms with Crippen LogP contribution in [0.4, 0.5) is 0 Å². The van der Waals surface area contributed by atoms with Crippen molar-refractivity contribution in [2.45, 2.75) is 19.4 Å². The highest BCUT2D eigenvalue weighted by molar-refractivity contribution is 7.10. The lowest BCUT2D eigenvalue weighted by Gasteiger charge is -2.37. The van der Waals surface area contributed by atoms with E-state index in [9.17, 15) is 9.59 Å². The molecular formula is C21H24N2O3S. The van der Waals surface area contributed by atoms with Crippen molar-refractivity contribution in [2.75, 3.05) is 26.7 Å². The van der Waals surface area contributed by atoms with Crippen LogP contribution in [0.3, 0.4) is 0 Å². The van der Waals surface area contributed by atoms with Gasteiger partial charge < -0.3 is 14.5 Å². The molecule has 6 heteroatoms. The molecule has 0 radical (unpaired) electrons. The Kier molecular flexibility index (Phi) is 5.96. The first-order valence-corrected chi connectivity index (χ1v) is 9.79. The average molecular weight is 385 g/mol. The van der Waals surface area contributed by atoms with Crippen LogP contribution in [0.15, 0.2) is 48.4 Å². The molecule has 2 amide bonds. The lowest BCUT2D eigenvalue weighted by atomic mass is 9.93. The number of carbonyl (C=O) groups is 2. The molecule has 0 unspecified atom stereocenters. The molecule has 0 fully saturated rings. The first kappa shape index (κ1) is 19.2. The molecule has 0 bridgehead atoms. The monoisotopic (exact) mass is 384 g/mol. The molecule has 1 aromatic heterocycles. The first-order chi connectivity index (χ1) is 13.0. The summed E-state index contributed by atoms with van der Waals surface area (Å²) in [6.07, 6.45) is 2.48. The lowest BCUT2D eigenvalue weighted by molar-refractivity contribution is -0.140. The van der Waals surface area contributed by atoms with Gasteiger partial charge in [0.2, 0.25) is 11.8 Å². The molecule has 1 aliphatic heterocycles. The summed E-state index contributed by atoms with van der Waals surface area (Å²) in [6, 6.07) is 9.79. The Hall–Kier alpha value is -2.60. The topological polar surface area (TPSA) is 49.9 Å². The number of rotatable bonds is 6. The predicted molar refractivity (Wildman–Crippen MR) is 107 cm³/mol. The molecule has 0 saturated carbocycles. The molecule has 1 aromatic carbocycles. The summed E-state index contributed by atoms with van der Waals surface area (Å²) < 4.78 is 5.26. The maximum absolute atomic E-state index is 13.1. The summed E-state index contributed by atoms with van der Waals surface area (Å²) in [5.41, 5.74) is 2.21. The minimum atomic E-state index is -0.143. The summed E-state index contributed by atoms with van der Waals surface area (Å²) in [7, 11) is 1.64. The fourth-order valence-electron chi connectivity index (χ4n) is 3.45. The normalized spacial score (nSPS) is 15.8. The van der Waals surface area contributed by atoms with E-state index >= 15 is 0 Å². The molecule has 0 saturated heterocycles. The van der Waals surface area contributed by atoms with Gasteiger partial charge in [0.1, 0.15) is 12.3 Å². The summed E-state index contributed by atoms with van der Waals surface area (Å²) in [5, 5.41) is 2.08. The second-order valence-electron chi connectivity index (χ2n) is 6.50. The summed E-state index contributed by atoms with van der Waals surface area (Å²) in [5.74, 6) is 0.605. The van der Waals surface area contributed by atoms with E-state index in [2.05, 4.69) is 18.0 Å². The molecule has 1 aliphatic rings. The molecular weight excluding hydrogens is 360 g/mol.